The van der Waals surface area contributed by atoms with Crippen molar-refractivity contribution in [3.8, 4) is 5.75 Å². The van der Waals surface area contributed by atoms with Gasteiger partial charge in [0, 0.05) is 26.2 Å². The molecule has 0 radical (unpaired) electrons. The molecule has 0 saturated carbocycles. The van der Waals surface area contributed by atoms with Crippen molar-refractivity contribution in [1.82, 2.24) is 14.3 Å². The van der Waals surface area contributed by atoms with Crippen LogP contribution in [0.5, 0.6) is 5.75 Å². The SMILES string of the molecule is CCOc1ccc(S(=O)(=O)N2CCN(c3nc4ccc(C)cc4[nH]3)CC2)cc1. The van der Waals surface area contributed by atoms with Crippen LogP contribution in [-0.2, 0) is 10.0 Å². The zero-order valence-corrected chi connectivity index (χ0v) is 16.9. The highest BCUT2D eigenvalue weighted by Gasteiger charge is 2.29. The molecule has 4 rings (SSSR count). The van der Waals surface area contributed by atoms with E-state index >= 15 is 0 Å². The van der Waals surface area contributed by atoms with Crippen LogP contribution in [0, 0.1) is 6.92 Å². The minimum absolute atomic E-state index is 0.295. The molecule has 2 heterocycles. The molecule has 0 unspecified atom stereocenters. The largest absolute Gasteiger partial charge is 0.494 e. The van der Waals surface area contributed by atoms with Gasteiger partial charge in [-0.05, 0) is 55.8 Å². The molecular weight excluding hydrogens is 376 g/mol. The number of imidazole rings is 1. The fraction of sp³-hybridized carbons (Fsp3) is 0.350. The third-order valence-corrected chi connectivity index (χ3v) is 6.85. The van der Waals surface area contributed by atoms with Gasteiger partial charge in [0.05, 0.1) is 22.5 Å². The Kier molecular flexibility index (Phi) is 4.99. The Hall–Kier alpha value is -2.58. The van der Waals surface area contributed by atoms with Crippen molar-refractivity contribution in [3.63, 3.8) is 0 Å². The molecule has 7 nitrogen and oxygen atoms in total. The van der Waals surface area contributed by atoms with Crippen molar-refractivity contribution >= 4 is 27.0 Å². The second-order valence-electron chi connectivity index (χ2n) is 6.88. The van der Waals surface area contributed by atoms with Crippen molar-refractivity contribution in [1.29, 1.82) is 0 Å². The van der Waals surface area contributed by atoms with Gasteiger partial charge in [0.15, 0.2) is 0 Å². The molecule has 0 spiro atoms. The first-order chi connectivity index (χ1) is 13.5. The number of anilines is 1. The van der Waals surface area contributed by atoms with Crippen LogP contribution in [0.4, 0.5) is 5.95 Å². The molecule has 148 valence electrons. The Bertz CT molecular complexity index is 1070. The molecule has 0 bridgehead atoms. The summed E-state index contributed by atoms with van der Waals surface area (Å²) in [5.74, 6) is 1.46. The average Bonchev–Trinajstić information content (AvgIpc) is 3.12. The summed E-state index contributed by atoms with van der Waals surface area (Å²) in [7, 11) is -3.51. The lowest BCUT2D eigenvalue weighted by atomic mass is 10.2. The number of sulfonamides is 1. The number of benzene rings is 2. The second kappa shape index (κ2) is 7.44. The molecule has 28 heavy (non-hydrogen) atoms. The lowest BCUT2D eigenvalue weighted by Crippen LogP contribution is -2.49. The number of hydrogen-bond acceptors (Lipinski definition) is 5. The van der Waals surface area contributed by atoms with Gasteiger partial charge in [0.1, 0.15) is 5.75 Å². The molecule has 3 aromatic rings. The van der Waals surface area contributed by atoms with Crippen LogP contribution in [0.15, 0.2) is 47.4 Å². The van der Waals surface area contributed by atoms with E-state index in [0.717, 1.165) is 17.0 Å². The summed E-state index contributed by atoms with van der Waals surface area (Å²) in [4.78, 5) is 10.4. The maximum absolute atomic E-state index is 12.9. The summed E-state index contributed by atoms with van der Waals surface area (Å²) in [5, 5.41) is 0. The summed E-state index contributed by atoms with van der Waals surface area (Å²) in [6.45, 7) is 6.52. The van der Waals surface area contributed by atoms with Gasteiger partial charge in [-0.25, -0.2) is 13.4 Å². The van der Waals surface area contributed by atoms with Crippen LogP contribution in [-0.4, -0.2) is 55.5 Å². The Morgan fingerprint density at radius 1 is 1.07 bits per heavy atom. The molecule has 8 heteroatoms. The zero-order valence-electron chi connectivity index (χ0n) is 16.1. The molecule has 1 aliphatic rings. The van der Waals surface area contributed by atoms with Crippen LogP contribution in [0.3, 0.4) is 0 Å². The van der Waals surface area contributed by atoms with Crippen LogP contribution in [0.25, 0.3) is 11.0 Å². The van der Waals surface area contributed by atoms with Gasteiger partial charge in [-0.3, -0.25) is 0 Å². The number of aryl methyl sites for hydroxylation is 1. The Balaban J connectivity index is 1.46. The summed E-state index contributed by atoms with van der Waals surface area (Å²) in [6, 6.07) is 12.7. The maximum Gasteiger partial charge on any atom is 0.243 e. The van der Waals surface area contributed by atoms with Crippen molar-refractivity contribution in [3.05, 3.63) is 48.0 Å². The predicted molar refractivity (Wildman–Crippen MR) is 109 cm³/mol. The predicted octanol–water partition coefficient (Wildman–Crippen LogP) is 2.78. The number of aromatic nitrogens is 2. The monoisotopic (exact) mass is 400 g/mol. The Labute approximate surface area is 165 Å². The van der Waals surface area contributed by atoms with Crippen molar-refractivity contribution in [2.24, 2.45) is 0 Å². The standard InChI is InChI=1S/C20H24N4O3S/c1-3-27-16-5-7-17(8-6-16)28(25,26)24-12-10-23(11-13-24)20-21-18-9-4-15(2)14-19(18)22-20/h4-9,14H,3,10-13H2,1-2H3,(H,21,22). The fourth-order valence-electron chi connectivity index (χ4n) is 3.42. The Morgan fingerprint density at radius 2 is 1.79 bits per heavy atom. The lowest BCUT2D eigenvalue weighted by Gasteiger charge is -2.33. The second-order valence-corrected chi connectivity index (χ2v) is 8.81. The topological polar surface area (TPSA) is 78.5 Å². The summed E-state index contributed by atoms with van der Waals surface area (Å²) >= 11 is 0. The lowest BCUT2D eigenvalue weighted by molar-refractivity contribution is 0.340. The number of nitrogens with one attached hydrogen (secondary N) is 1. The van der Waals surface area contributed by atoms with Crippen molar-refractivity contribution < 1.29 is 13.2 Å². The molecule has 0 atom stereocenters. The first-order valence-corrected chi connectivity index (χ1v) is 10.9. The van der Waals surface area contributed by atoms with Crippen LogP contribution in [0.1, 0.15) is 12.5 Å². The molecule has 2 aromatic carbocycles. The number of piperazine rings is 1. The first kappa shape index (κ1) is 18.8. The van der Waals surface area contributed by atoms with E-state index in [1.54, 1.807) is 24.3 Å². The highest BCUT2D eigenvalue weighted by atomic mass is 32.2. The fourth-order valence-corrected chi connectivity index (χ4v) is 4.85. The average molecular weight is 401 g/mol. The highest BCUT2D eigenvalue weighted by molar-refractivity contribution is 7.89. The van der Waals surface area contributed by atoms with Gasteiger partial charge < -0.3 is 14.6 Å². The van der Waals surface area contributed by atoms with Gasteiger partial charge in [-0.15, -0.1) is 0 Å². The van der Waals surface area contributed by atoms with E-state index in [1.165, 1.54) is 9.87 Å². The van der Waals surface area contributed by atoms with Crippen LogP contribution < -0.4 is 9.64 Å². The quantitative estimate of drug-likeness (QED) is 0.713. The summed E-state index contributed by atoms with van der Waals surface area (Å²) < 4.78 is 32.8. The van der Waals surface area contributed by atoms with E-state index in [4.69, 9.17) is 4.74 Å². The van der Waals surface area contributed by atoms with E-state index < -0.39 is 10.0 Å². The molecule has 1 N–H and O–H groups in total. The van der Waals surface area contributed by atoms with E-state index in [9.17, 15) is 8.42 Å². The molecule has 0 aliphatic carbocycles. The first-order valence-electron chi connectivity index (χ1n) is 9.42. The summed E-state index contributed by atoms with van der Waals surface area (Å²) in [5.41, 5.74) is 3.10. The molecule has 1 saturated heterocycles. The molecule has 0 amide bonds. The third kappa shape index (κ3) is 3.57. The van der Waals surface area contributed by atoms with Gasteiger partial charge in [0.2, 0.25) is 16.0 Å². The smallest absolute Gasteiger partial charge is 0.243 e. The van der Waals surface area contributed by atoms with E-state index in [2.05, 4.69) is 20.9 Å². The highest BCUT2D eigenvalue weighted by Crippen LogP contribution is 2.23. The minimum atomic E-state index is -3.51. The zero-order chi connectivity index (χ0) is 19.7. The van der Waals surface area contributed by atoms with Crippen molar-refractivity contribution in [2.45, 2.75) is 18.7 Å². The number of hydrogen-bond donors (Lipinski definition) is 1. The van der Waals surface area contributed by atoms with Gasteiger partial charge in [0.25, 0.3) is 0 Å². The van der Waals surface area contributed by atoms with E-state index in [-0.39, 0.29) is 0 Å². The van der Waals surface area contributed by atoms with Crippen molar-refractivity contribution in [2.75, 3.05) is 37.7 Å². The van der Waals surface area contributed by atoms with Crippen LogP contribution in [0.2, 0.25) is 0 Å². The number of nitrogens with zero attached hydrogens (tertiary/aromatic N) is 3. The Morgan fingerprint density at radius 3 is 2.46 bits per heavy atom. The molecule has 1 aromatic heterocycles. The van der Waals surface area contributed by atoms with Crippen LogP contribution >= 0.6 is 0 Å². The van der Waals surface area contributed by atoms with Gasteiger partial charge in [-0.1, -0.05) is 6.07 Å². The minimum Gasteiger partial charge on any atom is -0.494 e. The molecular formula is C20H24N4O3S. The number of ether oxygens (including phenoxy) is 1. The van der Waals surface area contributed by atoms with Gasteiger partial charge >= 0.3 is 0 Å². The summed E-state index contributed by atoms with van der Waals surface area (Å²) in [6.07, 6.45) is 0. The number of rotatable bonds is 5. The molecule has 1 aliphatic heterocycles. The molecule has 1 fully saturated rings. The van der Waals surface area contributed by atoms with E-state index in [1.807, 2.05) is 26.0 Å². The number of H-pyrrole nitrogens is 1. The van der Waals surface area contributed by atoms with Gasteiger partial charge in [-0.2, -0.15) is 4.31 Å². The number of fused-ring (bicyclic) bond motifs is 1. The third-order valence-electron chi connectivity index (χ3n) is 4.94. The van der Waals surface area contributed by atoms with E-state index in [0.29, 0.717) is 43.4 Å². The normalized spacial score (nSPS) is 15.9. The maximum atomic E-state index is 12.9. The number of aromatic amines is 1.